The van der Waals surface area contributed by atoms with Crippen LogP contribution in [0.1, 0.15) is 31.2 Å². The number of hydroxylamine groups is 1. The fourth-order valence-electron chi connectivity index (χ4n) is 3.70. The minimum Gasteiger partial charge on any atom is -0.368 e. The van der Waals surface area contributed by atoms with E-state index in [0.29, 0.717) is 26.2 Å². The van der Waals surface area contributed by atoms with Gasteiger partial charge in [-0.15, -0.1) is 0 Å². The summed E-state index contributed by atoms with van der Waals surface area (Å²) in [6.45, 7) is 2.19. The van der Waals surface area contributed by atoms with Crippen molar-refractivity contribution in [2.75, 3.05) is 31.1 Å². The van der Waals surface area contributed by atoms with Gasteiger partial charge in [-0.3, -0.25) is 10.0 Å². The van der Waals surface area contributed by atoms with E-state index in [0.717, 1.165) is 36.9 Å². The van der Waals surface area contributed by atoms with Gasteiger partial charge in [-0.05, 0) is 30.5 Å². The van der Waals surface area contributed by atoms with Crippen molar-refractivity contribution in [1.82, 2.24) is 9.79 Å². The molecule has 1 saturated heterocycles. The molecule has 2 N–H and O–H groups in total. The first-order valence-corrected chi connectivity index (χ1v) is 10.5. The van der Waals surface area contributed by atoms with Crippen LogP contribution in [0.25, 0.3) is 6.08 Å². The van der Waals surface area contributed by atoms with Crippen LogP contribution in [0.15, 0.2) is 30.3 Å². The second-order valence-electron chi connectivity index (χ2n) is 6.71. The van der Waals surface area contributed by atoms with Crippen molar-refractivity contribution in [2.24, 2.45) is 0 Å². The number of carbonyl (C=O) groups excluding carboxylic acids is 1. The number of benzene rings is 1. The van der Waals surface area contributed by atoms with Gasteiger partial charge in [-0.1, -0.05) is 31.0 Å². The Bertz CT molecular complexity index is 764. The number of anilines is 1. The molecule has 0 radical (unpaired) electrons. The third-order valence-electron chi connectivity index (χ3n) is 5.12. The van der Waals surface area contributed by atoms with E-state index in [9.17, 15) is 13.2 Å². The van der Waals surface area contributed by atoms with Crippen molar-refractivity contribution < 1.29 is 18.4 Å². The molecule has 0 spiro atoms. The topological polar surface area (TPSA) is 90.0 Å². The van der Waals surface area contributed by atoms with E-state index in [2.05, 4.69) is 4.90 Å². The summed E-state index contributed by atoms with van der Waals surface area (Å²) in [5, 5.41) is 8.40. The first-order valence-electron chi connectivity index (χ1n) is 8.97. The van der Waals surface area contributed by atoms with Gasteiger partial charge in [0, 0.05) is 37.9 Å². The van der Waals surface area contributed by atoms with Gasteiger partial charge in [0.2, 0.25) is 10.0 Å². The van der Waals surface area contributed by atoms with Crippen molar-refractivity contribution in [3.63, 3.8) is 0 Å². The average Bonchev–Trinajstić information content (AvgIpc) is 3.22. The molecule has 142 valence electrons. The second-order valence-corrected chi connectivity index (χ2v) is 8.92. The SMILES string of the molecule is O=C(/C=C/c1ccccc1N1CCN(S(=O)(=O)C2CCCC2)CC1)NO. The summed E-state index contributed by atoms with van der Waals surface area (Å²) in [6, 6.07) is 7.64. The largest absolute Gasteiger partial charge is 0.368 e. The highest BCUT2D eigenvalue weighted by Crippen LogP contribution is 2.29. The van der Waals surface area contributed by atoms with Crippen LogP contribution in [0.4, 0.5) is 5.69 Å². The monoisotopic (exact) mass is 379 g/mol. The fraction of sp³-hybridized carbons (Fsp3) is 0.500. The molecule has 1 aromatic rings. The molecule has 0 aromatic heterocycles. The lowest BCUT2D eigenvalue weighted by Gasteiger charge is -2.37. The Morgan fingerprint density at radius 1 is 1.12 bits per heavy atom. The van der Waals surface area contributed by atoms with Gasteiger partial charge in [0.15, 0.2) is 0 Å². The first kappa shape index (κ1) is 18.9. The summed E-state index contributed by atoms with van der Waals surface area (Å²) in [4.78, 5) is 13.4. The molecular weight excluding hydrogens is 354 g/mol. The lowest BCUT2D eigenvalue weighted by Crippen LogP contribution is -2.51. The number of sulfonamides is 1. The van der Waals surface area contributed by atoms with E-state index in [4.69, 9.17) is 5.21 Å². The molecule has 7 nitrogen and oxygen atoms in total. The maximum atomic E-state index is 12.7. The first-order chi connectivity index (χ1) is 12.5. The van der Waals surface area contributed by atoms with Crippen LogP contribution < -0.4 is 10.4 Å². The number of nitrogens with zero attached hydrogens (tertiary/aromatic N) is 2. The highest BCUT2D eigenvalue weighted by molar-refractivity contribution is 7.89. The number of hydrogen-bond acceptors (Lipinski definition) is 5. The Balaban J connectivity index is 1.69. The molecule has 1 amide bonds. The minimum atomic E-state index is -3.19. The number of amides is 1. The standard InChI is InChI=1S/C18H25N3O4S/c22-18(19-23)10-9-15-5-1-4-8-17(15)20-11-13-21(14-12-20)26(24,25)16-6-2-3-7-16/h1,4-5,8-10,16,23H,2-3,6-7,11-14H2,(H,19,22)/b10-9+. The Morgan fingerprint density at radius 3 is 2.42 bits per heavy atom. The zero-order valence-electron chi connectivity index (χ0n) is 14.7. The molecule has 1 saturated carbocycles. The highest BCUT2D eigenvalue weighted by atomic mass is 32.2. The number of carbonyl (C=O) groups is 1. The number of rotatable bonds is 5. The molecular formula is C18H25N3O4S. The molecule has 1 aliphatic carbocycles. The minimum absolute atomic E-state index is 0.207. The van der Waals surface area contributed by atoms with Crippen LogP contribution in [-0.2, 0) is 14.8 Å². The van der Waals surface area contributed by atoms with E-state index in [1.54, 1.807) is 15.9 Å². The van der Waals surface area contributed by atoms with Crippen molar-refractivity contribution >= 4 is 27.7 Å². The van der Waals surface area contributed by atoms with Crippen molar-refractivity contribution in [3.05, 3.63) is 35.9 Å². The molecule has 8 heteroatoms. The summed E-state index contributed by atoms with van der Waals surface area (Å²) in [6.07, 6.45) is 6.48. The summed E-state index contributed by atoms with van der Waals surface area (Å²) in [5.74, 6) is -0.590. The second kappa shape index (κ2) is 8.20. The van der Waals surface area contributed by atoms with Gasteiger partial charge in [-0.25, -0.2) is 13.9 Å². The maximum Gasteiger partial charge on any atom is 0.267 e. The zero-order chi connectivity index (χ0) is 18.6. The van der Waals surface area contributed by atoms with Gasteiger partial charge in [0.25, 0.3) is 5.91 Å². The van der Waals surface area contributed by atoms with Gasteiger partial charge in [-0.2, -0.15) is 4.31 Å². The molecule has 1 aromatic carbocycles. The summed E-state index contributed by atoms with van der Waals surface area (Å²) >= 11 is 0. The van der Waals surface area contributed by atoms with Gasteiger partial charge in [0.05, 0.1) is 5.25 Å². The van der Waals surface area contributed by atoms with Crippen LogP contribution in [0.3, 0.4) is 0 Å². The van der Waals surface area contributed by atoms with Crippen molar-refractivity contribution in [1.29, 1.82) is 0 Å². The van der Waals surface area contributed by atoms with Crippen LogP contribution in [0.2, 0.25) is 0 Å². The van der Waals surface area contributed by atoms with E-state index in [1.165, 1.54) is 6.08 Å². The summed E-state index contributed by atoms with van der Waals surface area (Å²) < 4.78 is 27.1. The molecule has 26 heavy (non-hydrogen) atoms. The van der Waals surface area contributed by atoms with Gasteiger partial charge in [0.1, 0.15) is 0 Å². The molecule has 2 fully saturated rings. The smallest absolute Gasteiger partial charge is 0.267 e. The molecule has 0 bridgehead atoms. The maximum absolute atomic E-state index is 12.7. The third-order valence-corrected chi connectivity index (χ3v) is 7.52. The molecule has 1 heterocycles. The lowest BCUT2D eigenvalue weighted by molar-refractivity contribution is -0.124. The highest BCUT2D eigenvalue weighted by Gasteiger charge is 2.35. The Labute approximate surface area is 154 Å². The number of piperazine rings is 1. The van der Waals surface area contributed by atoms with Crippen LogP contribution in [0.5, 0.6) is 0 Å². The number of para-hydroxylation sites is 1. The number of nitrogens with one attached hydrogen (secondary N) is 1. The predicted molar refractivity (Wildman–Crippen MR) is 100 cm³/mol. The molecule has 1 aliphatic heterocycles. The Hall–Kier alpha value is -1.90. The molecule has 0 atom stereocenters. The van der Waals surface area contributed by atoms with Crippen molar-refractivity contribution in [2.45, 2.75) is 30.9 Å². The molecule has 0 unspecified atom stereocenters. The van der Waals surface area contributed by atoms with Crippen molar-refractivity contribution in [3.8, 4) is 0 Å². The summed E-state index contributed by atoms with van der Waals surface area (Å²) in [5.41, 5.74) is 3.37. The van der Waals surface area contributed by atoms with E-state index in [1.807, 2.05) is 24.3 Å². The van der Waals surface area contributed by atoms with E-state index in [-0.39, 0.29) is 5.25 Å². The molecule has 2 aliphatic rings. The lowest BCUT2D eigenvalue weighted by atomic mass is 10.1. The van der Waals surface area contributed by atoms with Gasteiger partial charge >= 0.3 is 0 Å². The normalized spacial score (nSPS) is 20.0. The Morgan fingerprint density at radius 2 is 1.77 bits per heavy atom. The zero-order valence-corrected chi connectivity index (χ0v) is 15.5. The van der Waals surface area contributed by atoms with E-state index < -0.39 is 15.9 Å². The van der Waals surface area contributed by atoms with Gasteiger partial charge < -0.3 is 4.90 Å². The molecule has 3 rings (SSSR count). The third kappa shape index (κ3) is 4.08. The quantitative estimate of drug-likeness (QED) is 0.461. The van der Waals surface area contributed by atoms with E-state index >= 15 is 0 Å². The van der Waals surface area contributed by atoms with Crippen LogP contribution in [0, 0.1) is 0 Å². The summed E-state index contributed by atoms with van der Waals surface area (Å²) in [7, 11) is -3.19. The van der Waals surface area contributed by atoms with Crippen LogP contribution in [-0.4, -0.2) is 55.3 Å². The number of hydrogen-bond donors (Lipinski definition) is 2. The predicted octanol–water partition coefficient (Wildman–Crippen LogP) is 1.60. The Kier molecular flexibility index (Phi) is 5.95. The van der Waals surface area contributed by atoms with Crippen LogP contribution >= 0.6 is 0 Å². The fourth-order valence-corrected chi connectivity index (χ4v) is 5.72. The average molecular weight is 379 g/mol.